The lowest BCUT2D eigenvalue weighted by Crippen LogP contribution is -2.39. The molecule has 2 aliphatic heterocycles. The quantitative estimate of drug-likeness (QED) is 0.106. The minimum atomic E-state index is -0.556. The molecular formula is C38H60N2O5S. The first-order valence-corrected chi connectivity index (χ1v) is 18.5. The van der Waals surface area contributed by atoms with E-state index in [1.165, 1.54) is 5.00 Å². The number of Topliss-reactive ketones (excluding diaryl/α,β-unsaturated/α-hetero) is 2. The molecular weight excluding hydrogens is 596 g/mol. The molecule has 258 valence electrons. The van der Waals surface area contributed by atoms with Gasteiger partial charge in [-0.2, -0.15) is 0 Å². The molecule has 0 bridgehead atoms. The lowest BCUT2D eigenvalue weighted by atomic mass is 9.85. The Morgan fingerprint density at radius 3 is 2.39 bits per heavy atom. The number of ether oxygens (including phenoxy) is 2. The standard InChI is InChI=1S/C38H60N2O5S/c1-10-14-16-32(41)31(26(5)15-11-2)23-28(12-3)24-33(42)34-27(6)36(40(13-4)30-18-21-44-22-19-30)46-35(34)29-17-20-39(25-29)37(43)45-38(7,8)9/h11,15,28-30H,10,12-14,16-25H2,1-9H3. The van der Waals surface area contributed by atoms with Crippen molar-refractivity contribution in [2.75, 3.05) is 37.7 Å². The summed E-state index contributed by atoms with van der Waals surface area (Å²) in [4.78, 5) is 46.2. The van der Waals surface area contributed by atoms with Crippen LogP contribution in [0, 0.1) is 12.8 Å². The summed E-state index contributed by atoms with van der Waals surface area (Å²) in [6.07, 6.45) is 10.7. The normalized spacial score (nSPS) is 19.0. The van der Waals surface area contributed by atoms with Gasteiger partial charge in [0, 0.05) is 68.1 Å². The van der Waals surface area contributed by atoms with Gasteiger partial charge in [-0.15, -0.1) is 11.3 Å². The Bertz CT molecular complexity index is 1250. The van der Waals surface area contributed by atoms with Crippen molar-refractivity contribution < 1.29 is 23.9 Å². The van der Waals surface area contributed by atoms with E-state index in [1.807, 2.05) is 46.8 Å². The summed E-state index contributed by atoms with van der Waals surface area (Å²) in [7, 11) is 0. The maximum absolute atomic E-state index is 14.5. The fourth-order valence-corrected chi connectivity index (χ4v) is 8.40. The summed E-state index contributed by atoms with van der Waals surface area (Å²) < 4.78 is 11.4. The molecule has 0 aliphatic carbocycles. The fraction of sp³-hybridized carbons (Fsp3) is 0.711. The average molecular weight is 657 g/mol. The number of allylic oxidation sites excluding steroid dienone is 4. The van der Waals surface area contributed by atoms with Gasteiger partial charge in [0.2, 0.25) is 0 Å². The van der Waals surface area contributed by atoms with Crippen molar-refractivity contribution in [3.63, 3.8) is 0 Å². The van der Waals surface area contributed by atoms with Crippen molar-refractivity contribution in [3.8, 4) is 0 Å². The molecule has 2 fully saturated rings. The number of thiophene rings is 1. The third-order valence-corrected chi connectivity index (χ3v) is 10.9. The lowest BCUT2D eigenvalue weighted by Gasteiger charge is -2.35. The zero-order chi connectivity index (χ0) is 34.0. The maximum Gasteiger partial charge on any atom is 0.410 e. The molecule has 2 aliphatic rings. The summed E-state index contributed by atoms with van der Waals surface area (Å²) >= 11 is 1.75. The van der Waals surface area contributed by atoms with E-state index in [1.54, 1.807) is 16.2 Å². The summed E-state index contributed by atoms with van der Waals surface area (Å²) in [6, 6.07) is 0.383. The minimum Gasteiger partial charge on any atom is -0.444 e. The van der Waals surface area contributed by atoms with Gasteiger partial charge >= 0.3 is 6.09 Å². The Kier molecular flexibility index (Phi) is 14.6. The second kappa shape index (κ2) is 17.6. The molecule has 0 spiro atoms. The number of amides is 1. The number of ketones is 2. The fourth-order valence-electron chi connectivity index (χ4n) is 6.81. The molecule has 1 aromatic heterocycles. The van der Waals surface area contributed by atoms with Gasteiger partial charge in [-0.1, -0.05) is 38.8 Å². The van der Waals surface area contributed by atoms with Crippen LogP contribution in [-0.2, 0) is 14.3 Å². The highest BCUT2D eigenvalue weighted by atomic mass is 32.1. The van der Waals surface area contributed by atoms with Crippen molar-refractivity contribution in [2.45, 2.75) is 138 Å². The van der Waals surface area contributed by atoms with E-state index in [9.17, 15) is 14.4 Å². The van der Waals surface area contributed by atoms with Gasteiger partial charge in [0.15, 0.2) is 11.6 Å². The van der Waals surface area contributed by atoms with Crippen LogP contribution in [0.15, 0.2) is 23.3 Å². The SMILES string of the molecule is CC=CC(C)=C(CC(CC)CC(=O)c1c(C2CCN(C(=O)OC(C)(C)C)C2)sc(N(CC)C2CCOCC2)c1C)C(=O)CCCC. The molecule has 1 aromatic rings. The van der Waals surface area contributed by atoms with Crippen LogP contribution in [0.2, 0.25) is 0 Å². The molecule has 0 aromatic carbocycles. The van der Waals surface area contributed by atoms with Crippen LogP contribution in [0.3, 0.4) is 0 Å². The summed E-state index contributed by atoms with van der Waals surface area (Å²) in [5.41, 5.74) is 3.22. The third kappa shape index (κ3) is 10.0. The van der Waals surface area contributed by atoms with Crippen molar-refractivity contribution >= 4 is 34.0 Å². The number of unbranched alkanes of at least 4 members (excludes halogenated alkanes) is 1. The van der Waals surface area contributed by atoms with Crippen LogP contribution in [0.5, 0.6) is 0 Å². The Morgan fingerprint density at radius 1 is 1.11 bits per heavy atom. The molecule has 46 heavy (non-hydrogen) atoms. The predicted octanol–water partition coefficient (Wildman–Crippen LogP) is 9.43. The van der Waals surface area contributed by atoms with E-state index in [4.69, 9.17) is 9.47 Å². The number of carbonyl (C=O) groups is 3. The molecule has 3 heterocycles. The number of nitrogens with zero attached hydrogens (tertiary/aromatic N) is 2. The Labute approximate surface area is 282 Å². The van der Waals surface area contributed by atoms with E-state index in [0.717, 1.165) is 85.4 Å². The van der Waals surface area contributed by atoms with E-state index >= 15 is 0 Å². The van der Waals surface area contributed by atoms with E-state index < -0.39 is 5.60 Å². The van der Waals surface area contributed by atoms with Gasteiger partial charge in [0.05, 0.1) is 5.00 Å². The topological polar surface area (TPSA) is 76.2 Å². The highest BCUT2D eigenvalue weighted by Gasteiger charge is 2.37. The van der Waals surface area contributed by atoms with Crippen LogP contribution < -0.4 is 4.90 Å². The van der Waals surface area contributed by atoms with Crippen molar-refractivity contribution in [3.05, 3.63) is 39.3 Å². The van der Waals surface area contributed by atoms with Gasteiger partial charge in [-0.3, -0.25) is 9.59 Å². The molecule has 2 unspecified atom stereocenters. The van der Waals surface area contributed by atoms with Gasteiger partial charge in [-0.05, 0) is 103 Å². The molecule has 2 saturated heterocycles. The number of hydrogen-bond acceptors (Lipinski definition) is 7. The van der Waals surface area contributed by atoms with Crippen LogP contribution in [0.4, 0.5) is 9.80 Å². The largest absolute Gasteiger partial charge is 0.444 e. The number of hydrogen-bond donors (Lipinski definition) is 0. The molecule has 2 atom stereocenters. The highest BCUT2D eigenvalue weighted by Crippen LogP contribution is 2.45. The zero-order valence-electron chi connectivity index (χ0n) is 30.1. The first kappa shape index (κ1) is 38.0. The smallest absolute Gasteiger partial charge is 0.410 e. The Hall–Kier alpha value is -2.45. The molecule has 7 nitrogen and oxygen atoms in total. The molecule has 0 radical (unpaired) electrons. The number of anilines is 1. The first-order valence-electron chi connectivity index (χ1n) is 17.7. The van der Waals surface area contributed by atoms with Gasteiger partial charge in [-0.25, -0.2) is 4.79 Å². The summed E-state index contributed by atoms with van der Waals surface area (Å²) in [6.45, 7) is 21.8. The van der Waals surface area contributed by atoms with Gasteiger partial charge in [0.1, 0.15) is 5.60 Å². The summed E-state index contributed by atoms with van der Waals surface area (Å²) in [5.74, 6) is 0.523. The Balaban J connectivity index is 1.97. The van der Waals surface area contributed by atoms with Crippen LogP contribution >= 0.6 is 11.3 Å². The average Bonchev–Trinajstić information content (AvgIpc) is 3.63. The van der Waals surface area contributed by atoms with Crippen molar-refractivity contribution in [1.29, 1.82) is 0 Å². The molecule has 1 amide bonds. The highest BCUT2D eigenvalue weighted by molar-refractivity contribution is 7.16. The second-order valence-corrected chi connectivity index (χ2v) is 15.1. The minimum absolute atomic E-state index is 0.0727. The number of likely N-dealkylation sites (tertiary alicyclic amines) is 1. The van der Waals surface area contributed by atoms with Gasteiger partial charge in [0.25, 0.3) is 0 Å². The third-order valence-electron chi connectivity index (χ3n) is 9.40. The van der Waals surface area contributed by atoms with Crippen molar-refractivity contribution in [1.82, 2.24) is 4.90 Å². The first-order chi connectivity index (χ1) is 21.8. The molecule has 0 saturated carbocycles. The molecule has 3 rings (SSSR count). The zero-order valence-corrected chi connectivity index (χ0v) is 30.9. The van der Waals surface area contributed by atoms with Crippen molar-refractivity contribution in [2.24, 2.45) is 5.92 Å². The second-order valence-electron chi connectivity index (χ2n) is 14.1. The summed E-state index contributed by atoms with van der Waals surface area (Å²) in [5, 5.41) is 1.18. The monoisotopic (exact) mass is 656 g/mol. The van der Waals surface area contributed by atoms with E-state index in [2.05, 4.69) is 32.6 Å². The number of carbonyl (C=O) groups excluding carboxylic acids is 3. The predicted molar refractivity (Wildman–Crippen MR) is 190 cm³/mol. The Morgan fingerprint density at radius 2 is 1.80 bits per heavy atom. The van der Waals surface area contributed by atoms with Crippen LogP contribution in [0.1, 0.15) is 140 Å². The van der Waals surface area contributed by atoms with E-state index in [-0.39, 0.29) is 29.5 Å². The van der Waals surface area contributed by atoms with Gasteiger partial charge < -0.3 is 19.3 Å². The molecule has 8 heteroatoms. The molecule has 0 N–H and O–H groups in total. The van der Waals surface area contributed by atoms with E-state index in [0.29, 0.717) is 38.4 Å². The number of rotatable bonds is 15. The van der Waals surface area contributed by atoms with Crippen LogP contribution in [0.25, 0.3) is 0 Å². The lowest BCUT2D eigenvalue weighted by molar-refractivity contribution is -0.116. The maximum atomic E-state index is 14.5. The van der Waals surface area contributed by atoms with Crippen LogP contribution in [-0.4, -0.2) is 67.1 Å².